The van der Waals surface area contributed by atoms with Gasteiger partial charge < -0.3 is 19.5 Å². The summed E-state index contributed by atoms with van der Waals surface area (Å²) < 4.78 is 14.5. The highest BCUT2D eigenvalue weighted by Gasteiger charge is 2.47. The average molecular weight is 429 g/mol. The van der Waals surface area contributed by atoms with Crippen molar-refractivity contribution >= 4 is 23.8 Å². The van der Waals surface area contributed by atoms with Crippen molar-refractivity contribution in [1.29, 1.82) is 0 Å². The molecule has 8 heteroatoms. The van der Waals surface area contributed by atoms with Gasteiger partial charge in [0.15, 0.2) is 0 Å². The van der Waals surface area contributed by atoms with Crippen LogP contribution in [0.25, 0.3) is 0 Å². The standard InChI is InChI=1S/C23H27NO7/c1-4-31-23(28)20-16(10-12-18(25)29-2)14-17(11-13-19(26)30-3)21(20)24-22(27)15-8-6-5-7-9-15/h5-13,16-17,20-21H,4,14H2,1-3H3,(H,24,27)/b12-10+,13-11+/t16-,17+,20-,21+/m0/s1. The molecule has 0 aliphatic heterocycles. The fourth-order valence-corrected chi connectivity index (χ4v) is 3.66. The summed E-state index contributed by atoms with van der Waals surface area (Å²) in [5, 5.41) is 2.91. The van der Waals surface area contributed by atoms with E-state index in [4.69, 9.17) is 4.74 Å². The van der Waals surface area contributed by atoms with Crippen molar-refractivity contribution < 1.29 is 33.4 Å². The van der Waals surface area contributed by atoms with E-state index in [2.05, 4.69) is 14.8 Å². The van der Waals surface area contributed by atoms with E-state index in [0.717, 1.165) is 0 Å². The molecule has 31 heavy (non-hydrogen) atoms. The van der Waals surface area contributed by atoms with Crippen molar-refractivity contribution in [2.45, 2.75) is 19.4 Å². The highest BCUT2D eigenvalue weighted by atomic mass is 16.5. The van der Waals surface area contributed by atoms with Crippen LogP contribution in [-0.2, 0) is 28.6 Å². The van der Waals surface area contributed by atoms with Crippen LogP contribution in [0.2, 0.25) is 0 Å². The van der Waals surface area contributed by atoms with E-state index < -0.39 is 35.8 Å². The van der Waals surface area contributed by atoms with Gasteiger partial charge in [0.25, 0.3) is 5.91 Å². The first-order valence-corrected chi connectivity index (χ1v) is 9.96. The van der Waals surface area contributed by atoms with Crippen molar-refractivity contribution in [3.8, 4) is 0 Å². The molecule has 0 aromatic heterocycles. The number of amides is 1. The number of carbonyl (C=O) groups is 4. The van der Waals surface area contributed by atoms with E-state index >= 15 is 0 Å². The molecule has 0 bridgehead atoms. The van der Waals surface area contributed by atoms with E-state index in [9.17, 15) is 19.2 Å². The number of hydrogen-bond donors (Lipinski definition) is 1. The molecule has 1 aromatic rings. The summed E-state index contributed by atoms with van der Waals surface area (Å²) in [7, 11) is 2.52. The lowest BCUT2D eigenvalue weighted by Crippen LogP contribution is -2.45. The molecule has 8 nitrogen and oxygen atoms in total. The van der Waals surface area contributed by atoms with Crippen LogP contribution >= 0.6 is 0 Å². The van der Waals surface area contributed by atoms with E-state index in [1.54, 1.807) is 49.4 Å². The second-order valence-electron chi connectivity index (χ2n) is 6.97. The van der Waals surface area contributed by atoms with Gasteiger partial charge in [0, 0.05) is 23.8 Å². The Balaban J connectivity index is 2.39. The summed E-state index contributed by atoms with van der Waals surface area (Å²) in [5.41, 5.74) is 0.439. The third kappa shape index (κ3) is 6.53. The van der Waals surface area contributed by atoms with Crippen LogP contribution in [0.5, 0.6) is 0 Å². The minimum atomic E-state index is -0.749. The first-order chi connectivity index (χ1) is 14.9. The molecule has 1 aliphatic rings. The van der Waals surface area contributed by atoms with Crippen molar-refractivity contribution in [2.75, 3.05) is 20.8 Å². The Labute approximate surface area is 181 Å². The summed E-state index contributed by atoms with van der Waals surface area (Å²) in [5.74, 6) is -3.47. The lowest BCUT2D eigenvalue weighted by atomic mass is 9.92. The largest absolute Gasteiger partial charge is 0.466 e. The molecule has 0 unspecified atom stereocenters. The van der Waals surface area contributed by atoms with Gasteiger partial charge in [0.05, 0.1) is 26.7 Å². The number of rotatable bonds is 8. The quantitative estimate of drug-likeness (QED) is 0.383. The van der Waals surface area contributed by atoms with Gasteiger partial charge in [0.1, 0.15) is 0 Å². The molecule has 1 saturated carbocycles. The highest BCUT2D eigenvalue weighted by molar-refractivity contribution is 5.95. The SMILES string of the molecule is CCOC(=O)[C@@H]1[C@H](NC(=O)c2ccccc2)[C@H](/C=C/C(=O)OC)C[C@@H]1/C=C/C(=O)OC. The first-order valence-electron chi connectivity index (χ1n) is 9.96. The Hall–Kier alpha value is -3.42. The van der Waals surface area contributed by atoms with Gasteiger partial charge in [0.2, 0.25) is 0 Å². The summed E-state index contributed by atoms with van der Waals surface area (Å²) in [6.45, 7) is 1.86. The van der Waals surface area contributed by atoms with Gasteiger partial charge >= 0.3 is 17.9 Å². The summed E-state index contributed by atoms with van der Waals surface area (Å²) in [4.78, 5) is 48.8. The normalized spacial score (nSPS) is 22.9. The van der Waals surface area contributed by atoms with Gasteiger partial charge in [-0.3, -0.25) is 9.59 Å². The number of hydrogen-bond acceptors (Lipinski definition) is 7. The predicted molar refractivity (Wildman–Crippen MR) is 112 cm³/mol. The van der Waals surface area contributed by atoms with Crippen molar-refractivity contribution in [3.63, 3.8) is 0 Å². The number of methoxy groups -OCH3 is 2. The number of esters is 3. The molecule has 1 fully saturated rings. The first kappa shape index (κ1) is 23.9. The Morgan fingerprint density at radius 3 is 2.10 bits per heavy atom. The van der Waals surface area contributed by atoms with E-state index in [-0.39, 0.29) is 18.4 Å². The van der Waals surface area contributed by atoms with E-state index in [1.807, 2.05) is 0 Å². The van der Waals surface area contributed by atoms with Crippen LogP contribution in [0.15, 0.2) is 54.6 Å². The smallest absolute Gasteiger partial charge is 0.330 e. The van der Waals surface area contributed by atoms with Crippen LogP contribution < -0.4 is 5.32 Å². The van der Waals surface area contributed by atoms with Gasteiger partial charge in [-0.05, 0) is 37.3 Å². The topological polar surface area (TPSA) is 108 Å². The van der Waals surface area contributed by atoms with Crippen LogP contribution in [0.4, 0.5) is 0 Å². The maximum atomic E-state index is 12.8. The number of nitrogens with one attached hydrogen (secondary N) is 1. The van der Waals surface area contributed by atoms with Crippen molar-refractivity contribution in [1.82, 2.24) is 5.32 Å². The minimum absolute atomic E-state index is 0.171. The Bertz CT molecular complexity index is 847. The van der Waals surface area contributed by atoms with Gasteiger partial charge in [-0.1, -0.05) is 30.4 Å². The molecule has 1 N–H and O–H groups in total. The molecule has 0 saturated heterocycles. The zero-order valence-corrected chi connectivity index (χ0v) is 17.8. The maximum absolute atomic E-state index is 12.8. The second kappa shape index (κ2) is 11.7. The molecule has 0 heterocycles. The zero-order chi connectivity index (χ0) is 22.8. The molecular weight excluding hydrogens is 402 g/mol. The predicted octanol–water partition coefficient (Wildman–Crippen LogP) is 2.06. The molecule has 1 amide bonds. The molecule has 4 atom stereocenters. The third-order valence-corrected chi connectivity index (χ3v) is 5.11. The molecule has 166 valence electrons. The third-order valence-electron chi connectivity index (χ3n) is 5.11. The number of allylic oxidation sites excluding steroid dienone is 1. The van der Waals surface area contributed by atoms with Crippen molar-refractivity contribution in [3.05, 3.63) is 60.2 Å². The number of ether oxygens (including phenoxy) is 3. The Kier molecular flexibility index (Phi) is 8.99. The molecule has 0 radical (unpaired) electrons. The lowest BCUT2D eigenvalue weighted by Gasteiger charge is -2.25. The Morgan fingerprint density at radius 2 is 1.55 bits per heavy atom. The lowest BCUT2D eigenvalue weighted by molar-refractivity contribution is -0.149. The van der Waals surface area contributed by atoms with Crippen molar-refractivity contribution in [2.24, 2.45) is 17.8 Å². The average Bonchev–Trinajstić information content (AvgIpc) is 3.13. The number of benzene rings is 1. The fraction of sp³-hybridized carbons (Fsp3) is 0.391. The molecule has 0 spiro atoms. The summed E-state index contributed by atoms with van der Waals surface area (Å²) in [6, 6.07) is 7.95. The molecule has 1 aromatic carbocycles. The van der Waals surface area contributed by atoms with E-state index in [0.29, 0.717) is 12.0 Å². The van der Waals surface area contributed by atoms with Crippen LogP contribution in [0.3, 0.4) is 0 Å². The number of carbonyl (C=O) groups excluding carboxylic acids is 4. The van der Waals surface area contributed by atoms with Crippen LogP contribution in [0.1, 0.15) is 23.7 Å². The van der Waals surface area contributed by atoms with Gasteiger partial charge in [-0.15, -0.1) is 0 Å². The highest BCUT2D eigenvalue weighted by Crippen LogP contribution is 2.39. The molecular formula is C23H27NO7. The molecule has 1 aliphatic carbocycles. The van der Waals surface area contributed by atoms with Crippen LogP contribution in [0, 0.1) is 17.8 Å². The monoisotopic (exact) mass is 429 g/mol. The second-order valence-corrected chi connectivity index (χ2v) is 6.97. The van der Waals surface area contributed by atoms with E-state index in [1.165, 1.54) is 26.4 Å². The van der Waals surface area contributed by atoms with Crippen LogP contribution in [-0.4, -0.2) is 50.7 Å². The zero-order valence-electron chi connectivity index (χ0n) is 17.8. The summed E-state index contributed by atoms with van der Waals surface area (Å²) >= 11 is 0. The van der Waals surface area contributed by atoms with Gasteiger partial charge in [-0.25, -0.2) is 9.59 Å². The Morgan fingerprint density at radius 1 is 0.968 bits per heavy atom. The fourth-order valence-electron chi connectivity index (χ4n) is 3.66. The van der Waals surface area contributed by atoms with Gasteiger partial charge in [-0.2, -0.15) is 0 Å². The summed E-state index contributed by atoms with van der Waals surface area (Å²) in [6.07, 6.45) is 6.12. The maximum Gasteiger partial charge on any atom is 0.330 e. The molecule has 2 rings (SSSR count). The minimum Gasteiger partial charge on any atom is -0.466 e.